The van der Waals surface area contributed by atoms with Crippen molar-refractivity contribution in [1.29, 1.82) is 0 Å². The van der Waals surface area contributed by atoms with E-state index in [2.05, 4.69) is 10.6 Å². The van der Waals surface area contributed by atoms with Crippen LogP contribution in [0.3, 0.4) is 0 Å². The third-order valence-electron chi connectivity index (χ3n) is 3.68. The van der Waals surface area contributed by atoms with Gasteiger partial charge in [-0.2, -0.15) is 0 Å². The first-order valence-corrected chi connectivity index (χ1v) is 8.46. The van der Waals surface area contributed by atoms with E-state index >= 15 is 0 Å². The minimum Gasteiger partial charge on any atom is -0.491 e. The van der Waals surface area contributed by atoms with Gasteiger partial charge in [0, 0.05) is 5.69 Å². The number of rotatable bonds is 7. The van der Waals surface area contributed by atoms with Crippen LogP contribution < -0.4 is 20.1 Å². The third-order valence-corrected chi connectivity index (χ3v) is 3.68. The van der Waals surface area contributed by atoms with E-state index in [1.54, 1.807) is 0 Å². The van der Waals surface area contributed by atoms with Gasteiger partial charge in [-0.15, -0.1) is 0 Å². The van der Waals surface area contributed by atoms with Crippen LogP contribution in [0, 0.1) is 13.8 Å². The number of hydrogen-bond donors (Lipinski definition) is 2. The Bertz CT molecular complexity index is 697. The summed E-state index contributed by atoms with van der Waals surface area (Å²) in [5.74, 6) is 1.63. The highest BCUT2D eigenvalue weighted by Gasteiger charge is 2.04. The highest BCUT2D eigenvalue weighted by atomic mass is 16.5. The molecule has 0 saturated heterocycles. The second kappa shape index (κ2) is 8.97. The smallest absolute Gasteiger partial charge is 0.319 e. The summed E-state index contributed by atoms with van der Waals surface area (Å²) in [6.07, 6.45) is 0.124. The van der Waals surface area contributed by atoms with E-state index in [0.717, 1.165) is 17.1 Å². The molecule has 0 fully saturated rings. The molecule has 0 aromatic heterocycles. The van der Waals surface area contributed by atoms with Gasteiger partial charge in [-0.25, -0.2) is 4.79 Å². The van der Waals surface area contributed by atoms with Gasteiger partial charge in [0.1, 0.15) is 18.1 Å². The summed E-state index contributed by atoms with van der Waals surface area (Å²) in [7, 11) is 0. The molecule has 0 spiro atoms. The van der Waals surface area contributed by atoms with Gasteiger partial charge in [0.05, 0.1) is 12.6 Å². The fourth-order valence-electron chi connectivity index (χ4n) is 2.27. The quantitative estimate of drug-likeness (QED) is 0.738. The number of ether oxygens (including phenoxy) is 2. The first-order valence-electron chi connectivity index (χ1n) is 8.46. The normalized spacial score (nSPS) is 10.4. The zero-order valence-electron chi connectivity index (χ0n) is 15.3. The molecule has 2 rings (SSSR count). The minimum absolute atomic E-state index is 0.124. The van der Waals surface area contributed by atoms with Gasteiger partial charge < -0.3 is 20.1 Å². The molecule has 0 unspecified atom stereocenters. The van der Waals surface area contributed by atoms with Crippen molar-refractivity contribution in [2.24, 2.45) is 0 Å². The molecule has 0 bridgehead atoms. The average molecular weight is 342 g/mol. The van der Waals surface area contributed by atoms with Gasteiger partial charge in [0.15, 0.2) is 0 Å². The Labute approximate surface area is 149 Å². The van der Waals surface area contributed by atoms with Crippen molar-refractivity contribution >= 4 is 11.7 Å². The van der Waals surface area contributed by atoms with Crippen LogP contribution in [0.25, 0.3) is 0 Å². The SMILES string of the molecule is Cc1cccc(OCCNC(=O)Nc2ccc(OC(C)C)cc2)c1C. The highest BCUT2D eigenvalue weighted by Crippen LogP contribution is 2.20. The van der Waals surface area contributed by atoms with Crippen LogP contribution in [-0.4, -0.2) is 25.3 Å². The van der Waals surface area contributed by atoms with Crippen LogP contribution in [0.5, 0.6) is 11.5 Å². The van der Waals surface area contributed by atoms with E-state index in [4.69, 9.17) is 9.47 Å². The lowest BCUT2D eigenvalue weighted by atomic mass is 10.1. The van der Waals surface area contributed by atoms with Gasteiger partial charge in [-0.3, -0.25) is 0 Å². The van der Waals surface area contributed by atoms with Crippen molar-refractivity contribution in [1.82, 2.24) is 5.32 Å². The molecule has 2 amide bonds. The Hall–Kier alpha value is -2.69. The summed E-state index contributed by atoms with van der Waals surface area (Å²) < 4.78 is 11.3. The molecule has 25 heavy (non-hydrogen) atoms. The third kappa shape index (κ3) is 6.03. The molecule has 0 saturated carbocycles. The summed E-state index contributed by atoms with van der Waals surface area (Å²) in [6.45, 7) is 8.86. The molecule has 5 heteroatoms. The molecule has 2 aromatic rings. The first kappa shape index (κ1) is 18.6. The van der Waals surface area contributed by atoms with Gasteiger partial charge in [-0.05, 0) is 69.2 Å². The molecule has 0 aliphatic heterocycles. The molecule has 0 atom stereocenters. The van der Waals surface area contributed by atoms with Crippen LogP contribution in [0.15, 0.2) is 42.5 Å². The molecule has 5 nitrogen and oxygen atoms in total. The molecular weight excluding hydrogens is 316 g/mol. The summed E-state index contributed by atoms with van der Waals surface area (Å²) in [5.41, 5.74) is 3.02. The van der Waals surface area contributed by atoms with Crippen molar-refractivity contribution < 1.29 is 14.3 Å². The number of amides is 2. The Morgan fingerprint density at radius 3 is 2.48 bits per heavy atom. The summed E-state index contributed by atoms with van der Waals surface area (Å²) in [5, 5.41) is 5.56. The van der Waals surface area contributed by atoms with Crippen molar-refractivity contribution in [2.75, 3.05) is 18.5 Å². The molecule has 0 radical (unpaired) electrons. The van der Waals surface area contributed by atoms with Crippen molar-refractivity contribution in [3.05, 3.63) is 53.6 Å². The highest BCUT2D eigenvalue weighted by molar-refractivity contribution is 5.89. The lowest BCUT2D eigenvalue weighted by molar-refractivity contribution is 0.242. The fourth-order valence-corrected chi connectivity index (χ4v) is 2.27. The van der Waals surface area contributed by atoms with Crippen molar-refractivity contribution in [3.63, 3.8) is 0 Å². The summed E-state index contributed by atoms with van der Waals surface area (Å²) in [4.78, 5) is 11.9. The number of nitrogens with one attached hydrogen (secondary N) is 2. The summed E-state index contributed by atoms with van der Waals surface area (Å²) >= 11 is 0. The van der Waals surface area contributed by atoms with Crippen molar-refractivity contribution in [2.45, 2.75) is 33.8 Å². The molecule has 0 aliphatic carbocycles. The van der Waals surface area contributed by atoms with E-state index in [9.17, 15) is 4.79 Å². The molecule has 134 valence electrons. The van der Waals surface area contributed by atoms with E-state index in [1.165, 1.54) is 5.56 Å². The van der Waals surface area contributed by atoms with E-state index < -0.39 is 0 Å². The maximum absolute atomic E-state index is 11.9. The van der Waals surface area contributed by atoms with Crippen LogP contribution in [0.4, 0.5) is 10.5 Å². The Morgan fingerprint density at radius 1 is 1.08 bits per heavy atom. The van der Waals surface area contributed by atoms with Gasteiger partial charge in [0.25, 0.3) is 0 Å². The topological polar surface area (TPSA) is 59.6 Å². The number of anilines is 1. The molecule has 2 aromatic carbocycles. The number of hydrogen-bond acceptors (Lipinski definition) is 3. The van der Waals surface area contributed by atoms with Crippen LogP contribution in [0.2, 0.25) is 0 Å². The Morgan fingerprint density at radius 2 is 1.80 bits per heavy atom. The second-order valence-electron chi connectivity index (χ2n) is 6.12. The van der Waals surface area contributed by atoms with Gasteiger partial charge in [-0.1, -0.05) is 12.1 Å². The maximum Gasteiger partial charge on any atom is 0.319 e. The van der Waals surface area contributed by atoms with E-state index in [-0.39, 0.29) is 12.1 Å². The number of carbonyl (C=O) groups is 1. The van der Waals surface area contributed by atoms with Crippen LogP contribution in [-0.2, 0) is 0 Å². The molecule has 0 heterocycles. The number of aryl methyl sites for hydroxylation is 1. The Kier molecular flexibility index (Phi) is 6.69. The van der Waals surface area contributed by atoms with Gasteiger partial charge in [0.2, 0.25) is 0 Å². The predicted molar refractivity (Wildman–Crippen MR) is 101 cm³/mol. The average Bonchev–Trinajstić information content (AvgIpc) is 2.56. The largest absolute Gasteiger partial charge is 0.491 e. The van der Waals surface area contributed by atoms with Crippen LogP contribution >= 0.6 is 0 Å². The minimum atomic E-state index is -0.262. The monoisotopic (exact) mass is 342 g/mol. The Balaban J connectivity index is 1.72. The lowest BCUT2D eigenvalue weighted by Crippen LogP contribution is -2.32. The first-order chi connectivity index (χ1) is 12.0. The predicted octanol–water partition coefficient (Wildman–Crippen LogP) is 4.29. The molecule has 2 N–H and O–H groups in total. The second-order valence-corrected chi connectivity index (χ2v) is 6.12. The number of carbonyl (C=O) groups excluding carboxylic acids is 1. The van der Waals surface area contributed by atoms with Crippen LogP contribution in [0.1, 0.15) is 25.0 Å². The van der Waals surface area contributed by atoms with E-state index in [1.807, 2.05) is 70.2 Å². The number of benzene rings is 2. The molecule has 0 aliphatic rings. The standard InChI is InChI=1S/C20H26N2O3/c1-14(2)25-18-10-8-17(9-11-18)22-20(23)21-12-13-24-19-7-5-6-15(3)16(19)4/h5-11,14H,12-13H2,1-4H3,(H2,21,22,23). The zero-order valence-corrected chi connectivity index (χ0v) is 15.3. The van der Waals surface area contributed by atoms with Crippen molar-refractivity contribution in [3.8, 4) is 11.5 Å². The summed E-state index contributed by atoms with van der Waals surface area (Å²) in [6, 6.07) is 13.0. The fraction of sp³-hybridized carbons (Fsp3) is 0.350. The zero-order chi connectivity index (χ0) is 18.2. The van der Waals surface area contributed by atoms with E-state index in [0.29, 0.717) is 18.8 Å². The molecular formula is C20H26N2O3. The number of urea groups is 1. The van der Waals surface area contributed by atoms with Gasteiger partial charge >= 0.3 is 6.03 Å². The lowest BCUT2D eigenvalue weighted by Gasteiger charge is -2.12. The maximum atomic E-state index is 11.9.